The number of amides is 2. The lowest BCUT2D eigenvalue weighted by Crippen LogP contribution is -2.32. The van der Waals surface area contributed by atoms with Crippen molar-refractivity contribution < 1.29 is 22.7 Å². The largest absolute Gasteiger partial charge is 0.497 e. The summed E-state index contributed by atoms with van der Waals surface area (Å²) < 4.78 is 45.0. The first-order valence-corrected chi connectivity index (χ1v) is 8.20. The number of urea groups is 1. The van der Waals surface area contributed by atoms with Crippen molar-refractivity contribution in [3.8, 4) is 5.75 Å². The number of nitrogens with zero attached hydrogens (tertiary/aromatic N) is 2. The minimum Gasteiger partial charge on any atom is -0.497 e. The van der Waals surface area contributed by atoms with Gasteiger partial charge in [-0.05, 0) is 31.0 Å². The van der Waals surface area contributed by atoms with Gasteiger partial charge in [-0.25, -0.2) is 4.79 Å². The molecule has 0 saturated heterocycles. The number of benzene rings is 1. The average molecular weight is 368 g/mol. The van der Waals surface area contributed by atoms with Gasteiger partial charge in [0.1, 0.15) is 5.75 Å². The predicted molar refractivity (Wildman–Crippen MR) is 89.2 cm³/mol. The van der Waals surface area contributed by atoms with Crippen LogP contribution in [-0.4, -0.2) is 29.5 Å². The minimum absolute atomic E-state index is 0.129. The van der Waals surface area contributed by atoms with E-state index in [-0.39, 0.29) is 19.0 Å². The summed E-state index contributed by atoms with van der Waals surface area (Å²) in [6.45, 7) is 0.335. The lowest BCUT2D eigenvalue weighted by molar-refractivity contribution is -0.141. The average Bonchev–Trinajstić information content (AvgIpc) is 3.34. The Morgan fingerprint density at radius 3 is 2.77 bits per heavy atom. The summed E-state index contributed by atoms with van der Waals surface area (Å²) in [4.78, 5) is 11.9. The maximum Gasteiger partial charge on any atom is 0.435 e. The topological polar surface area (TPSA) is 68.2 Å². The van der Waals surface area contributed by atoms with E-state index in [1.165, 1.54) is 11.8 Å². The third kappa shape index (κ3) is 4.47. The monoisotopic (exact) mass is 368 g/mol. The molecule has 3 rings (SSSR count). The molecule has 1 aromatic heterocycles. The maximum absolute atomic E-state index is 12.9. The van der Waals surface area contributed by atoms with Crippen LogP contribution in [0.15, 0.2) is 30.3 Å². The highest BCUT2D eigenvalue weighted by Gasteiger charge is 2.37. The van der Waals surface area contributed by atoms with Crippen LogP contribution in [-0.2, 0) is 12.7 Å². The molecule has 26 heavy (non-hydrogen) atoms. The fourth-order valence-electron chi connectivity index (χ4n) is 2.61. The van der Waals surface area contributed by atoms with E-state index in [4.69, 9.17) is 4.74 Å². The first-order chi connectivity index (χ1) is 12.4. The van der Waals surface area contributed by atoms with Crippen LogP contribution in [0, 0.1) is 0 Å². The van der Waals surface area contributed by atoms with Crippen LogP contribution < -0.4 is 15.4 Å². The molecule has 0 radical (unpaired) electrons. The molecule has 1 aliphatic rings. The van der Waals surface area contributed by atoms with Crippen molar-refractivity contribution in [3.05, 3.63) is 41.7 Å². The number of alkyl halides is 3. The fraction of sp³-hybridized carbons (Fsp3) is 0.412. The van der Waals surface area contributed by atoms with Gasteiger partial charge in [0.15, 0.2) is 5.69 Å². The first-order valence-electron chi connectivity index (χ1n) is 8.20. The van der Waals surface area contributed by atoms with Crippen molar-refractivity contribution in [2.75, 3.05) is 19.0 Å². The van der Waals surface area contributed by atoms with E-state index in [1.807, 2.05) is 0 Å². The van der Waals surface area contributed by atoms with Crippen LogP contribution in [0.25, 0.3) is 0 Å². The molecular weight excluding hydrogens is 349 g/mol. The molecule has 0 unspecified atom stereocenters. The molecule has 2 amide bonds. The van der Waals surface area contributed by atoms with Gasteiger partial charge in [0.05, 0.1) is 13.7 Å². The lowest BCUT2D eigenvalue weighted by atomic mass is 10.2. The fourth-order valence-corrected chi connectivity index (χ4v) is 2.61. The van der Waals surface area contributed by atoms with Gasteiger partial charge in [-0.1, -0.05) is 6.07 Å². The van der Waals surface area contributed by atoms with Crippen molar-refractivity contribution in [2.24, 2.45) is 0 Å². The van der Waals surface area contributed by atoms with Gasteiger partial charge < -0.3 is 15.4 Å². The van der Waals surface area contributed by atoms with Gasteiger partial charge >= 0.3 is 12.2 Å². The number of anilines is 1. The normalized spacial score (nSPS) is 14.2. The molecule has 1 aliphatic carbocycles. The molecule has 2 N–H and O–H groups in total. The molecular formula is C17H19F3N4O2. The molecule has 2 aromatic rings. The van der Waals surface area contributed by atoms with Gasteiger partial charge in [0.2, 0.25) is 0 Å². The van der Waals surface area contributed by atoms with Gasteiger partial charge in [0.25, 0.3) is 0 Å². The van der Waals surface area contributed by atoms with Crippen molar-refractivity contribution in [2.45, 2.75) is 31.5 Å². The molecule has 9 heteroatoms. The van der Waals surface area contributed by atoms with Crippen LogP contribution in [0.2, 0.25) is 0 Å². The smallest absolute Gasteiger partial charge is 0.435 e. The molecule has 6 nitrogen and oxygen atoms in total. The molecule has 1 aromatic carbocycles. The molecule has 0 bridgehead atoms. The van der Waals surface area contributed by atoms with E-state index >= 15 is 0 Å². The number of carbonyl (C=O) groups excluding carboxylic acids is 1. The Bertz CT molecular complexity index is 785. The Balaban J connectivity index is 1.56. The van der Waals surface area contributed by atoms with Crippen LogP contribution in [0.3, 0.4) is 0 Å². The quantitative estimate of drug-likeness (QED) is 0.819. The first kappa shape index (κ1) is 18.1. The van der Waals surface area contributed by atoms with E-state index in [9.17, 15) is 18.0 Å². The molecule has 1 heterocycles. The van der Waals surface area contributed by atoms with Gasteiger partial charge in [0, 0.05) is 29.9 Å². The highest BCUT2D eigenvalue weighted by Crippen LogP contribution is 2.42. The Morgan fingerprint density at radius 2 is 2.12 bits per heavy atom. The highest BCUT2D eigenvalue weighted by atomic mass is 19.4. The molecule has 0 spiro atoms. The summed E-state index contributed by atoms with van der Waals surface area (Å²) >= 11 is 0. The number of aromatic nitrogens is 2. The number of methoxy groups -OCH3 is 1. The van der Waals surface area contributed by atoms with Crippen molar-refractivity contribution >= 4 is 11.7 Å². The minimum atomic E-state index is -4.47. The molecule has 1 saturated carbocycles. The summed E-state index contributed by atoms with van der Waals surface area (Å²) in [5.74, 6) is 0.734. The van der Waals surface area contributed by atoms with E-state index in [1.54, 1.807) is 24.3 Å². The number of hydrogen-bond donors (Lipinski definition) is 2. The molecule has 1 fully saturated rings. The van der Waals surface area contributed by atoms with Crippen LogP contribution >= 0.6 is 0 Å². The summed E-state index contributed by atoms with van der Waals surface area (Å²) in [5, 5.41) is 8.91. The zero-order chi connectivity index (χ0) is 18.7. The Hall–Kier alpha value is -2.71. The Morgan fingerprint density at radius 1 is 1.35 bits per heavy atom. The third-order valence-corrected chi connectivity index (χ3v) is 4.03. The van der Waals surface area contributed by atoms with E-state index in [0.717, 1.165) is 18.9 Å². The third-order valence-electron chi connectivity index (χ3n) is 4.03. The number of hydrogen-bond acceptors (Lipinski definition) is 3. The second kappa shape index (κ2) is 7.27. The molecule has 0 atom stereocenters. The summed E-state index contributed by atoms with van der Waals surface area (Å²) in [5.41, 5.74) is 0.242. The number of nitrogens with one attached hydrogen (secondary N) is 2. The number of carbonyl (C=O) groups is 1. The van der Waals surface area contributed by atoms with Crippen LogP contribution in [0.5, 0.6) is 5.75 Å². The lowest BCUT2D eigenvalue weighted by Gasteiger charge is -2.10. The van der Waals surface area contributed by atoms with Gasteiger partial charge in [-0.3, -0.25) is 4.68 Å². The summed E-state index contributed by atoms with van der Waals surface area (Å²) in [6, 6.07) is 7.50. The van der Waals surface area contributed by atoms with Crippen molar-refractivity contribution in [3.63, 3.8) is 0 Å². The van der Waals surface area contributed by atoms with E-state index < -0.39 is 17.9 Å². The van der Waals surface area contributed by atoms with E-state index in [2.05, 4.69) is 15.7 Å². The predicted octanol–water partition coefficient (Wildman–Crippen LogP) is 3.61. The van der Waals surface area contributed by atoms with Crippen molar-refractivity contribution in [1.82, 2.24) is 15.1 Å². The van der Waals surface area contributed by atoms with E-state index in [0.29, 0.717) is 17.1 Å². The second-order valence-corrected chi connectivity index (χ2v) is 6.06. The second-order valence-electron chi connectivity index (χ2n) is 6.06. The molecule has 140 valence electrons. The summed E-state index contributed by atoms with van der Waals surface area (Å²) in [6.07, 6.45) is -2.73. The maximum atomic E-state index is 12.9. The van der Waals surface area contributed by atoms with Gasteiger partial charge in [-0.2, -0.15) is 18.3 Å². The van der Waals surface area contributed by atoms with Gasteiger partial charge in [-0.15, -0.1) is 0 Å². The van der Waals surface area contributed by atoms with Crippen LogP contribution in [0.4, 0.5) is 23.7 Å². The molecule has 0 aliphatic heterocycles. The zero-order valence-corrected chi connectivity index (χ0v) is 14.1. The highest BCUT2D eigenvalue weighted by molar-refractivity contribution is 5.89. The number of rotatable bonds is 6. The summed E-state index contributed by atoms with van der Waals surface area (Å²) in [7, 11) is 1.52. The number of halogens is 3. The SMILES string of the molecule is COc1cccc(NC(=O)NCCn2nc(C(F)(F)F)cc2C2CC2)c1. The zero-order valence-electron chi connectivity index (χ0n) is 14.1. The Labute approximate surface area is 148 Å². The van der Waals surface area contributed by atoms with Crippen molar-refractivity contribution in [1.29, 1.82) is 0 Å². The van der Waals surface area contributed by atoms with Crippen LogP contribution in [0.1, 0.15) is 30.1 Å². The Kier molecular flexibility index (Phi) is 5.06. The standard InChI is InChI=1S/C17H19F3N4O2/c1-26-13-4-2-3-12(9-13)22-16(25)21-7-8-24-14(11-5-6-11)10-15(23-24)17(18,19)20/h2-4,9-11H,5-8H2,1H3,(H2,21,22,25). The number of ether oxygens (including phenoxy) is 1.